The Hall–Kier alpha value is -1.08. The first-order valence-electron chi connectivity index (χ1n) is 4.06. The van der Waals surface area contributed by atoms with Crippen molar-refractivity contribution >= 4 is 19.7 Å². The van der Waals surface area contributed by atoms with Crippen molar-refractivity contribution in [1.82, 2.24) is 0 Å². The Morgan fingerprint density at radius 1 is 1.25 bits per heavy atom. The molecule has 16 heavy (non-hydrogen) atoms. The topological polar surface area (TPSA) is 52.6 Å². The minimum Gasteiger partial charge on any atom is -0.454 e. The summed E-state index contributed by atoms with van der Waals surface area (Å²) >= 11 is 0. The monoisotopic (exact) mass is 270 g/mol. The van der Waals surface area contributed by atoms with E-state index >= 15 is 0 Å². The second-order valence-corrected chi connectivity index (χ2v) is 5.52. The molecule has 0 spiro atoms. The lowest BCUT2D eigenvalue weighted by molar-refractivity contribution is 0.147. The average Bonchev–Trinajstić information content (AvgIpc) is 2.60. The van der Waals surface area contributed by atoms with Gasteiger partial charge in [0.05, 0.1) is 4.90 Å². The van der Waals surface area contributed by atoms with E-state index in [4.69, 9.17) is 20.2 Å². The zero-order chi connectivity index (χ0) is 11.9. The summed E-state index contributed by atoms with van der Waals surface area (Å²) in [4.78, 5) is -0.659. The van der Waals surface area contributed by atoms with Gasteiger partial charge in [0.1, 0.15) is 0 Å². The lowest BCUT2D eigenvalue weighted by atomic mass is 10.2. The molecule has 1 aromatic carbocycles. The van der Waals surface area contributed by atoms with E-state index in [1.165, 1.54) is 0 Å². The van der Waals surface area contributed by atoms with Gasteiger partial charge in [-0.3, -0.25) is 0 Å². The van der Waals surface area contributed by atoms with Gasteiger partial charge in [0.2, 0.25) is 6.79 Å². The third kappa shape index (κ3) is 1.92. The highest BCUT2D eigenvalue weighted by molar-refractivity contribution is 8.13. The van der Waals surface area contributed by atoms with E-state index in [1.54, 1.807) is 0 Å². The van der Waals surface area contributed by atoms with E-state index < -0.39 is 25.9 Å². The van der Waals surface area contributed by atoms with Crippen molar-refractivity contribution in [2.75, 3.05) is 6.79 Å². The molecule has 0 atom stereocenters. The minimum absolute atomic E-state index is 0.0827. The molecule has 0 saturated carbocycles. The highest BCUT2D eigenvalue weighted by Crippen LogP contribution is 2.40. The Labute approximate surface area is 94.1 Å². The standard InChI is InChI=1S/C8H5ClF2O4S/c9-16(12,13)7-2-6-5(14-3-15-6)1-4(7)8(10)11/h1-2,8H,3H2. The van der Waals surface area contributed by atoms with Crippen molar-refractivity contribution in [1.29, 1.82) is 0 Å². The predicted molar refractivity (Wildman–Crippen MR) is 50.6 cm³/mol. The molecule has 0 radical (unpaired) electrons. The quantitative estimate of drug-likeness (QED) is 0.774. The van der Waals surface area contributed by atoms with E-state index in [0.29, 0.717) is 0 Å². The molecule has 8 heteroatoms. The molecule has 1 heterocycles. The number of halogens is 3. The van der Waals surface area contributed by atoms with Gasteiger partial charge in [-0.25, -0.2) is 17.2 Å². The Morgan fingerprint density at radius 3 is 2.31 bits per heavy atom. The van der Waals surface area contributed by atoms with Gasteiger partial charge in [-0.15, -0.1) is 0 Å². The van der Waals surface area contributed by atoms with Gasteiger partial charge in [-0.1, -0.05) is 0 Å². The lowest BCUT2D eigenvalue weighted by Crippen LogP contribution is -1.98. The summed E-state index contributed by atoms with van der Waals surface area (Å²) in [7, 11) is 0.809. The Bertz CT molecular complexity index is 529. The zero-order valence-corrected chi connectivity index (χ0v) is 9.19. The molecule has 0 bridgehead atoms. The number of fused-ring (bicyclic) bond motifs is 1. The van der Waals surface area contributed by atoms with E-state index in [2.05, 4.69) is 0 Å². The molecule has 0 saturated heterocycles. The molecule has 2 rings (SSSR count). The van der Waals surface area contributed by atoms with Crippen LogP contribution in [0.1, 0.15) is 12.0 Å². The molecule has 0 N–H and O–H groups in total. The Balaban J connectivity index is 2.67. The van der Waals surface area contributed by atoms with E-state index in [0.717, 1.165) is 12.1 Å². The van der Waals surface area contributed by atoms with Crippen LogP contribution in [-0.4, -0.2) is 15.2 Å². The van der Waals surface area contributed by atoms with Gasteiger partial charge in [0.15, 0.2) is 11.5 Å². The van der Waals surface area contributed by atoms with Gasteiger partial charge >= 0.3 is 0 Å². The molecule has 0 fully saturated rings. The van der Waals surface area contributed by atoms with Crippen LogP contribution in [0.2, 0.25) is 0 Å². The van der Waals surface area contributed by atoms with Crippen LogP contribution < -0.4 is 9.47 Å². The minimum atomic E-state index is -4.24. The summed E-state index contributed by atoms with van der Waals surface area (Å²) in [5.74, 6) is 0.169. The van der Waals surface area contributed by atoms with Gasteiger partial charge in [0, 0.05) is 22.3 Å². The second kappa shape index (κ2) is 3.74. The number of rotatable bonds is 2. The third-order valence-electron chi connectivity index (χ3n) is 2.00. The maximum atomic E-state index is 12.6. The Kier molecular flexibility index (Phi) is 2.67. The highest BCUT2D eigenvalue weighted by atomic mass is 35.7. The molecular formula is C8H5ClF2O4S. The first kappa shape index (κ1) is 11.4. The molecule has 4 nitrogen and oxygen atoms in total. The summed E-state index contributed by atoms with van der Waals surface area (Å²) in [6.07, 6.45) is -2.96. The van der Waals surface area contributed by atoms with Crippen LogP contribution in [-0.2, 0) is 9.05 Å². The number of alkyl halides is 2. The van der Waals surface area contributed by atoms with Crippen molar-refractivity contribution in [3.63, 3.8) is 0 Å². The fourth-order valence-electron chi connectivity index (χ4n) is 1.32. The van der Waals surface area contributed by atoms with Crippen LogP contribution in [0.3, 0.4) is 0 Å². The molecular weight excluding hydrogens is 266 g/mol. The average molecular weight is 271 g/mol. The highest BCUT2D eigenvalue weighted by Gasteiger charge is 2.27. The fraction of sp³-hybridized carbons (Fsp3) is 0.250. The van der Waals surface area contributed by atoms with Crippen LogP contribution in [0.15, 0.2) is 17.0 Å². The normalized spacial score (nSPS) is 14.5. The maximum absolute atomic E-state index is 12.6. The van der Waals surface area contributed by atoms with Gasteiger partial charge < -0.3 is 9.47 Å². The maximum Gasteiger partial charge on any atom is 0.265 e. The van der Waals surface area contributed by atoms with Crippen molar-refractivity contribution in [3.8, 4) is 11.5 Å². The molecule has 1 aliphatic heterocycles. The summed E-state index contributed by atoms with van der Waals surface area (Å²) in [5, 5.41) is 0. The predicted octanol–water partition coefficient (Wildman–Crippen LogP) is 2.28. The fourth-order valence-corrected chi connectivity index (χ4v) is 2.40. The van der Waals surface area contributed by atoms with E-state index in [9.17, 15) is 17.2 Å². The molecule has 0 aromatic heterocycles. The molecule has 1 aliphatic rings. The van der Waals surface area contributed by atoms with Crippen molar-refractivity contribution in [2.24, 2.45) is 0 Å². The number of benzene rings is 1. The summed E-state index contributed by atoms with van der Waals surface area (Å²) < 4.78 is 57.1. The smallest absolute Gasteiger partial charge is 0.265 e. The Morgan fingerprint density at radius 2 is 1.81 bits per heavy atom. The van der Waals surface area contributed by atoms with Gasteiger partial charge in [0.25, 0.3) is 15.5 Å². The number of hydrogen-bond donors (Lipinski definition) is 0. The first-order chi connectivity index (χ1) is 7.39. The van der Waals surface area contributed by atoms with Crippen LogP contribution >= 0.6 is 10.7 Å². The summed E-state index contributed by atoms with van der Waals surface area (Å²) in [6.45, 7) is -0.135. The van der Waals surface area contributed by atoms with Crippen molar-refractivity contribution < 1.29 is 26.7 Å². The lowest BCUT2D eigenvalue weighted by Gasteiger charge is -2.07. The van der Waals surface area contributed by atoms with Crippen LogP contribution in [0.5, 0.6) is 11.5 Å². The molecule has 1 aromatic rings. The van der Waals surface area contributed by atoms with Crippen LogP contribution in [0, 0.1) is 0 Å². The number of ether oxygens (including phenoxy) is 2. The van der Waals surface area contributed by atoms with Crippen LogP contribution in [0.25, 0.3) is 0 Å². The molecule has 0 amide bonds. The SMILES string of the molecule is O=S(=O)(Cl)c1cc2c(cc1C(F)F)OCO2. The molecule has 88 valence electrons. The van der Waals surface area contributed by atoms with E-state index in [1.807, 2.05) is 0 Å². The van der Waals surface area contributed by atoms with Gasteiger partial charge in [-0.2, -0.15) is 0 Å². The third-order valence-corrected chi connectivity index (χ3v) is 3.38. The molecule has 0 aliphatic carbocycles. The molecule has 0 unspecified atom stereocenters. The van der Waals surface area contributed by atoms with Gasteiger partial charge in [-0.05, 0) is 6.07 Å². The van der Waals surface area contributed by atoms with Crippen molar-refractivity contribution in [3.05, 3.63) is 17.7 Å². The van der Waals surface area contributed by atoms with Crippen LogP contribution in [0.4, 0.5) is 8.78 Å². The van der Waals surface area contributed by atoms with E-state index in [-0.39, 0.29) is 18.3 Å². The summed E-state index contributed by atoms with van der Waals surface area (Å²) in [6, 6.07) is 1.86. The summed E-state index contributed by atoms with van der Waals surface area (Å²) in [5.41, 5.74) is -0.695. The number of hydrogen-bond acceptors (Lipinski definition) is 4. The zero-order valence-electron chi connectivity index (χ0n) is 7.61. The first-order valence-corrected chi connectivity index (χ1v) is 6.37. The van der Waals surface area contributed by atoms with Crippen molar-refractivity contribution in [2.45, 2.75) is 11.3 Å². The largest absolute Gasteiger partial charge is 0.454 e. The second-order valence-electron chi connectivity index (χ2n) is 2.98.